The standard InChI is InChI=1S/C12H17ClN2O3/c1-15-8-9(13)7-10(15)12(18)14-6-4-2-3-5-11(16)17/h7-8H,2-6H2,1H3,(H,14,18)(H,16,17). The van der Waals surface area contributed by atoms with Gasteiger partial charge in [0.2, 0.25) is 0 Å². The predicted molar refractivity (Wildman–Crippen MR) is 68.9 cm³/mol. The van der Waals surface area contributed by atoms with Gasteiger partial charge in [-0.3, -0.25) is 9.59 Å². The first kappa shape index (κ1) is 14.6. The second-order valence-corrected chi connectivity index (χ2v) is 4.55. The molecule has 0 atom stereocenters. The van der Waals surface area contributed by atoms with E-state index in [9.17, 15) is 9.59 Å². The number of carbonyl (C=O) groups excluding carboxylic acids is 1. The molecule has 0 aromatic carbocycles. The lowest BCUT2D eigenvalue weighted by atomic mass is 10.2. The lowest BCUT2D eigenvalue weighted by Crippen LogP contribution is -2.26. The lowest BCUT2D eigenvalue weighted by Gasteiger charge is -2.05. The summed E-state index contributed by atoms with van der Waals surface area (Å²) in [6.07, 6.45) is 4.06. The zero-order chi connectivity index (χ0) is 13.5. The number of rotatable bonds is 7. The summed E-state index contributed by atoms with van der Waals surface area (Å²) in [5, 5.41) is 11.8. The van der Waals surface area contributed by atoms with Crippen molar-refractivity contribution >= 4 is 23.5 Å². The van der Waals surface area contributed by atoms with E-state index < -0.39 is 5.97 Å². The zero-order valence-corrected chi connectivity index (χ0v) is 11.0. The van der Waals surface area contributed by atoms with Gasteiger partial charge in [0.1, 0.15) is 5.69 Å². The number of carbonyl (C=O) groups is 2. The Kier molecular flexibility index (Phi) is 5.71. The van der Waals surface area contributed by atoms with Crippen LogP contribution < -0.4 is 5.32 Å². The Bertz CT molecular complexity index is 429. The summed E-state index contributed by atoms with van der Waals surface area (Å²) in [6, 6.07) is 1.61. The van der Waals surface area contributed by atoms with E-state index in [1.807, 2.05) is 0 Å². The summed E-state index contributed by atoms with van der Waals surface area (Å²) in [4.78, 5) is 22.0. The smallest absolute Gasteiger partial charge is 0.303 e. The Morgan fingerprint density at radius 2 is 2.11 bits per heavy atom. The van der Waals surface area contributed by atoms with Crippen LogP contribution in [0, 0.1) is 0 Å². The molecule has 100 valence electrons. The van der Waals surface area contributed by atoms with Crippen molar-refractivity contribution in [1.29, 1.82) is 0 Å². The van der Waals surface area contributed by atoms with Crippen LogP contribution in [0.25, 0.3) is 0 Å². The quantitative estimate of drug-likeness (QED) is 0.746. The number of hydrogen-bond donors (Lipinski definition) is 2. The third-order valence-corrected chi connectivity index (χ3v) is 2.76. The predicted octanol–water partition coefficient (Wildman–Crippen LogP) is 2.05. The van der Waals surface area contributed by atoms with Gasteiger partial charge in [0.05, 0.1) is 5.02 Å². The summed E-state index contributed by atoms with van der Waals surface area (Å²) in [7, 11) is 1.76. The maximum Gasteiger partial charge on any atom is 0.303 e. The number of nitrogens with one attached hydrogen (secondary N) is 1. The average Bonchev–Trinajstić information content (AvgIpc) is 2.62. The first-order valence-electron chi connectivity index (χ1n) is 5.82. The second-order valence-electron chi connectivity index (χ2n) is 4.11. The van der Waals surface area contributed by atoms with Gasteiger partial charge >= 0.3 is 5.97 Å². The number of aliphatic carboxylic acids is 1. The van der Waals surface area contributed by atoms with Crippen LogP contribution in [0.3, 0.4) is 0 Å². The molecule has 1 heterocycles. The van der Waals surface area contributed by atoms with Crippen LogP contribution in [-0.2, 0) is 11.8 Å². The second kappa shape index (κ2) is 7.06. The summed E-state index contributed by atoms with van der Waals surface area (Å²) >= 11 is 5.79. The van der Waals surface area contributed by atoms with E-state index in [1.54, 1.807) is 23.9 Å². The van der Waals surface area contributed by atoms with Crippen LogP contribution in [0.5, 0.6) is 0 Å². The highest BCUT2D eigenvalue weighted by Gasteiger charge is 2.10. The molecule has 0 aliphatic carbocycles. The molecule has 0 unspecified atom stereocenters. The fraction of sp³-hybridized carbons (Fsp3) is 0.500. The normalized spacial score (nSPS) is 10.3. The fourth-order valence-electron chi connectivity index (χ4n) is 1.62. The zero-order valence-electron chi connectivity index (χ0n) is 10.3. The summed E-state index contributed by atoms with van der Waals surface area (Å²) in [5.74, 6) is -0.944. The van der Waals surface area contributed by atoms with Crippen molar-refractivity contribution in [3.05, 3.63) is 23.0 Å². The Hall–Kier alpha value is -1.49. The third kappa shape index (κ3) is 4.79. The van der Waals surface area contributed by atoms with Gasteiger partial charge in [-0.15, -0.1) is 0 Å². The largest absolute Gasteiger partial charge is 0.481 e. The number of aromatic nitrogens is 1. The molecule has 1 rings (SSSR count). The lowest BCUT2D eigenvalue weighted by molar-refractivity contribution is -0.137. The monoisotopic (exact) mass is 272 g/mol. The number of nitrogens with zero attached hydrogens (tertiary/aromatic N) is 1. The molecule has 6 heteroatoms. The van der Waals surface area contributed by atoms with Crippen molar-refractivity contribution in [3.63, 3.8) is 0 Å². The van der Waals surface area contributed by atoms with Gasteiger partial charge < -0.3 is 15.0 Å². The Morgan fingerprint density at radius 1 is 1.39 bits per heavy atom. The molecule has 0 aliphatic rings. The number of halogens is 1. The summed E-state index contributed by atoms with van der Waals surface area (Å²) < 4.78 is 1.67. The van der Waals surface area contributed by atoms with E-state index >= 15 is 0 Å². The van der Waals surface area contributed by atoms with E-state index in [1.165, 1.54) is 0 Å². The van der Waals surface area contributed by atoms with Crippen LogP contribution in [-0.4, -0.2) is 28.1 Å². The Labute approximate surface area is 111 Å². The van der Waals surface area contributed by atoms with E-state index in [0.717, 1.165) is 12.8 Å². The third-order valence-electron chi connectivity index (χ3n) is 2.56. The average molecular weight is 273 g/mol. The van der Waals surface area contributed by atoms with Gasteiger partial charge in [-0.2, -0.15) is 0 Å². The van der Waals surface area contributed by atoms with Crippen molar-refractivity contribution < 1.29 is 14.7 Å². The highest BCUT2D eigenvalue weighted by Crippen LogP contribution is 2.12. The molecule has 18 heavy (non-hydrogen) atoms. The van der Waals surface area contributed by atoms with Crippen LogP contribution in [0.15, 0.2) is 12.3 Å². The van der Waals surface area contributed by atoms with Crippen LogP contribution in [0.1, 0.15) is 36.2 Å². The van der Waals surface area contributed by atoms with Gasteiger partial charge in [-0.05, 0) is 18.9 Å². The van der Waals surface area contributed by atoms with Crippen molar-refractivity contribution in [1.82, 2.24) is 9.88 Å². The number of hydrogen-bond acceptors (Lipinski definition) is 2. The SMILES string of the molecule is Cn1cc(Cl)cc1C(=O)NCCCCCC(=O)O. The molecule has 1 aromatic heterocycles. The van der Waals surface area contributed by atoms with Gasteiger partial charge in [-0.1, -0.05) is 18.0 Å². The molecule has 0 spiro atoms. The minimum Gasteiger partial charge on any atom is -0.481 e. The van der Waals surface area contributed by atoms with E-state index in [0.29, 0.717) is 23.7 Å². The summed E-state index contributed by atoms with van der Waals surface area (Å²) in [5.41, 5.74) is 0.519. The number of unbranched alkanes of at least 4 members (excludes halogenated alkanes) is 2. The maximum atomic E-state index is 11.7. The van der Waals surface area contributed by atoms with Crippen LogP contribution in [0.2, 0.25) is 5.02 Å². The first-order chi connectivity index (χ1) is 8.50. The van der Waals surface area contributed by atoms with Gasteiger partial charge in [0, 0.05) is 26.2 Å². The number of aryl methyl sites for hydroxylation is 1. The molecule has 1 aromatic rings. The van der Waals surface area contributed by atoms with Crippen molar-refractivity contribution in [3.8, 4) is 0 Å². The fourth-order valence-corrected chi connectivity index (χ4v) is 1.87. The molecule has 5 nitrogen and oxygen atoms in total. The molecule has 0 saturated heterocycles. The number of amides is 1. The molecular weight excluding hydrogens is 256 g/mol. The highest BCUT2D eigenvalue weighted by molar-refractivity contribution is 6.31. The minimum atomic E-state index is -0.780. The van der Waals surface area contributed by atoms with Gasteiger partial charge in [0.15, 0.2) is 0 Å². The number of carboxylic acid groups (broad SMARTS) is 1. The Morgan fingerprint density at radius 3 is 2.67 bits per heavy atom. The van der Waals surface area contributed by atoms with Gasteiger partial charge in [0.25, 0.3) is 5.91 Å². The highest BCUT2D eigenvalue weighted by atomic mass is 35.5. The van der Waals surface area contributed by atoms with Crippen LogP contribution in [0.4, 0.5) is 0 Å². The summed E-state index contributed by atoms with van der Waals surface area (Å²) in [6.45, 7) is 0.543. The molecule has 0 fully saturated rings. The van der Waals surface area contributed by atoms with Crippen LogP contribution >= 0.6 is 11.6 Å². The molecule has 1 amide bonds. The minimum absolute atomic E-state index is 0.164. The maximum absolute atomic E-state index is 11.7. The van der Waals surface area contributed by atoms with E-state index in [-0.39, 0.29) is 12.3 Å². The molecule has 2 N–H and O–H groups in total. The van der Waals surface area contributed by atoms with Crippen molar-refractivity contribution in [2.45, 2.75) is 25.7 Å². The molecule has 0 saturated carbocycles. The molecule has 0 radical (unpaired) electrons. The molecule has 0 bridgehead atoms. The topological polar surface area (TPSA) is 71.3 Å². The van der Waals surface area contributed by atoms with Gasteiger partial charge in [-0.25, -0.2) is 0 Å². The molecular formula is C12H17ClN2O3. The number of carboxylic acids is 1. The first-order valence-corrected chi connectivity index (χ1v) is 6.20. The van der Waals surface area contributed by atoms with Crippen molar-refractivity contribution in [2.24, 2.45) is 7.05 Å². The van der Waals surface area contributed by atoms with E-state index in [2.05, 4.69) is 5.32 Å². The van der Waals surface area contributed by atoms with E-state index in [4.69, 9.17) is 16.7 Å². The molecule has 0 aliphatic heterocycles. The van der Waals surface area contributed by atoms with Crippen molar-refractivity contribution in [2.75, 3.05) is 6.54 Å². The Balaban J connectivity index is 2.22.